The third-order valence-electron chi connectivity index (χ3n) is 4.07. The summed E-state index contributed by atoms with van der Waals surface area (Å²) in [4.78, 5) is 25.5. The normalized spacial score (nSPS) is 22.5. The summed E-state index contributed by atoms with van der Waals surface area (Å²) in [7, 11) is 3.78. The molecule has 2 N–H and O–H groups in total. The van der Waals surface area contributed by atoms with Gasteiger partial charge in [-0.2, -0.15) is 0 Å². The lowest BCUT2D eigenvalue weighted by atomic mass is 10.1. The van der Waals surface area contributed by atoms with Crippen LogP contribution in [0.25, 0.3) is 0 Å². The fourth-order valence-electron chi connectivity index (χ4n) is 2.80. The number of amides is 1. The van der Waals surface area contributed by atoms with Gasteiger partial charge in [0.2, 0.25) is 5.91 Å². The summed E-state index contributed by atoms with van der Waals surface area (Å²) < 4.78 is 0.855. The highest BCUT2D eigenvalue weighted by atomic mass is 79.9. The van der Waals surface area contributed by atoms with Crippen molar-refractivity contribution < 1.29 is 14.7 Å². The standard InChI is InChI=1S/C15H19BrN2O3/c1-15(2)11(12(15)14(20)21)13(19)17-9-7-8(16)5-6-10(9)18(3)4/h5-7,11-12H,1-4H3,(H,17,19)(H,20,21)/t11-,12+/m1/s1. The average molecular weight is 355 g/mol. The Morgan fingerprint density at radius 3 is 2.38 bits per heavy atom. The zero-order valence-corrected chi connectivity index (χ0v) is 14.1. The summed E-state index contributed by atoms with van der Waals surface area (Å²) in [5.41, 5.74) is 1.04. The molecule has 0 aromatic heterocycles. The maximum Gasteiger partial charge on any atom is 0.307 e. The number of carbonyl (C=O) groups excluding carboxylic acids is 1. The zero-order valence-electron chi connectivity index (χ0n) is 12.5. The molecule has 1 fully saturated rings. The van der Waals surface area contributed by atoms with E-state index in [4.69, 9.17) is 5.11 Å². The third-order valence-corrected chi connectivity index (χ3v) is 4.57. The monoisotopic (exact) mass is 354 g/mol. The highest BCUT2D eigenvalue weighted by Gasteiger charge is 2.65. The van der Waals surface area contributed by atoms with Crippen LogP contribution in [-0.4, -0.2) is 31.1 Å². The highest BCUT2D eigenvalue weighted by molar-refractivity contribution is 9.10. The lowest BCUT2D eigenvalue weighted by Gasteiger charge is -2.18. The molecule has 0 spiro atoms. The van der Waals surface area contributed by atoms with Crippen molar-refractivity contribution >= 4 is 39.2 Å². The molecule has 1 saturated carbocycles. The largest absolute Gasteiger partial charge is 0.481 e. The van der Waals surface area contributed by atoms with Gasteiger partial charge in [0.15, 0.2) is 0 Å². The van der Waals surface area contributed by atoms with Crippen molar-refractivity contribution in [1.82, 2.24) is 0 Å². The van der Waals surface area contributed by atoms with Crippen molar-refractivity contribution in [2.45, 2.75) is 13.8 Å². The number of rotatable bonds is 4. The van der Waals surface area contributed by atoms with E-state index >= 15 is 0 Å². The van der Waals surface area contributed by atoms with Gasteiger partial charge in [-0.15, -0.1) is 0 Å². The number of carbonyl (C=O) groups is 2. The summed E-state index contributed by atoms with van der Waals surface area (Å²) in [6.45, 7) is 3.62. The first-order valence-electron chi connectivity index (χ1n) is 6.66. The van der Waals surface area contributed by atoms with Gasteiger partial charge in [0.25, 0.3) is 0 Å². The molecule has 2 rings (SSSR count). The number of benzene rings is 1. The van der Waals surface area contributed by atoms with Crippen LogP contribution in [0.4, 0.5) is 11.4 Å². The van der Waals surface area contributed by atoms with E-state index in [9.17, 15) is 9.59 Å². The van der Waals surface area contributed by atoms with Crippen molar-refractivity contribution in [2.24, 2.45) is 17.3 Å². The quantitative estimate of drug-likeness (QED) is 0.872. The number of nitrogens with zero attached hydrogens (tertiary/aromatic N) is 1. The van der Waals surface area contributed by atoms with Crippen molar-refractivity contribution in [3.05, 3.63) is 22.7 Å². The smallest absolute Gasteiger partial charge is 0.307 e. The van der Waals surface area contributed by atoms with Crippen molar-refractivity contribution in [3.63, 3.8) is 0 Å². The minimum atomic E-state index is -0.915. The van der Waals surface area contributed by atoms with E-state index in [-0.39, 0.29) is 5.91 Å². The molecule has 0 heterocycles. The Labute approximate surface area is 132 Å². The zero-order chi connectivity index (χ0) is 15.9. The van der Waals surface area contributed by atoms with E-state index in [0.29, 0.717) is 5.69 Å². The van der Waals surface area contributed by atoms with Gasteiger partial charge in [0.05, 0.1) is 23.2 Å². The van der Waals surface area contributed by atoms with Crippen LogP contribution in [0.3, 0.4) is 0 Å². The first-order chi connectivity index (χ1) is 9.66. The molecule has 0 saturated heterocycles. The molecule has 0 radical (unpaired) electrons. The number of carboxylic acids is 1. The van der Waals surface area contributed by atoms with Crippen LogP contribution < -0.4 is 10.2 Å². The summed E-state index contributed by atoms with van der Waals surface area (Å²) in [5, 5.41) is 12.0. The Bertz CT molecular complexity index is 599. The second-order valence-corrected chi connectivity index (χ2v) is 7.08. The van der Waals surface area contributed by atoms with Crippen LogP contribution in [0.2, 0.25) is 0 Å². The van der Waals surface area contributed by atoms with E-state index < -0.39 is 23.2 Å². The molecule has 0 unspecified atom stereocenters. The third kappa shape index (κ3) is 2.90. The lowest BCUT2D eigenvalue weighted by molar-refractivity contribution is -0.140. The summed E-state index contributed by atoms with van der Waals surface area (Å²) in [5.74, 6) is -2.27. The van der Waals surface area contributed by atoms with Crippen LogP contribution in [-0.2, 0) is 9.59 Å². The number of anilines is 2. The second kappa shape index (κ2) is 5.33. The Morgan fingerprint density at radius 2 is 1.90 bits per heavy atom. The fourth-order valence-corrected chi connectivity index (χ4v) is 3.16. The minimum absolute atomic E-state index is 0.242. The SMILES string of the molecule is CN(C)c1ccc(Br)cc1NC(=O)[C@H]1[C@@H](C(=O)O)C1(C)C. The van der Waals surface area contributed by atoms with E-state index in [1.165, 1.54) is 0 Å². The van der Waals surface area contributed by atoms with Crippen LogP contribution in [0.1, 0.15) is 13.8 Å². The number of halogens is 1. The van der Waals surface area contributed by atoms with E-state index in [1.807, 2.05) is 51.0 Å². The molecule has 0 aliphatic heterocycles. The Kier molecular flexibility index (Phi) is 4.02. The van der Waals surface area contributed by atoms with Gasteiger partial charge in [-0.3, -0.25) is 9.59 Å². The Balaban J connectivity index is 2.22. The molecule has 0 bridgehead atoms. The molecular formula is C15H19BrN2O3. The molecule has 1 aliphatic carbocycles. The molecule has 114 valence electrons. The van der Waals surface area contributed by atoms with Crippen LogP contribution in [0.15, 0.2) is 22.7 Å². The predicted molar refractivity (Wildman–Crippen MR) is 85.5 cm³/mol. The number of carboxylic acid groups (broad SMARTS) is 1. The van der Waals surface area contributed by atoms with Crippen LogP contribution in [0.5, 0.6) is 0 Å². The molecule has 1 aromatic carbocycles. The number of aliphatic carboxylic acids is 1. The van der Waals surface area contributed by atoms with Gasteiger partial charge >= 0.3 is 5.97 Å². The minimum Gasteiger partial charge on any atom is -0.481 e. The van der Waals surface area contributed by atoms with Gasteiger partial charge in [0, 0.05) is 18.6 Å². The molecule has 1 amide bonds. The average Bonchev–Trinajstić information content (AvgIpc) is 2.92. The Morgan fingerprint density at radius 1 is 1.29 bits per heavy atom. The molecule has 1 aromatic rings. The van der Waals surface area contributed by atoms with Crippen LogP contribution in [0, 0.1) is 17.3 Å². The molecule has 21 heavy (non-hydrogen) atoms. The number of hydrogen-bond acceptors (Lipinski definition) is 3. The first-order valence-corrected chi connectivity index (χ1v) is 7.46. The number of hydrogen-bond donors (Lipinski definition) is 2. The lowest BCUT2D eigenvalue weighted by Crippen LogP contribution is -2.20. The van der Waals surface area contributed by atoms with Crippen molar-refractivity contribution in [3.8, 4) is 0 Å². The predicted octanol–water partition coefficient (Wildman–Crippen LogP) is 2.81. The summed E-state index contributed by atoms with van der Waals surface area (Å²) in [6.07, 6.45) is 0. The van der Waals surface area contributed by atoms with Gasteiger partial charge in [-0.25, -0.2) is 0 Å². The molecule has 6 heteroatoms. The molecular weight excluding hydrogens is 336 g/mol. The molecule has 1 aliphatic rings. The van der Waals surface area contributed by atoms with Crippen molar-refractivity contribution in [1.29, 1.82) is 0 Å². The van der Waals surface area contributed by atoms with Gasteiger partial charge < -0.3 is 15.3 Å². The number of nitrogens with one attached hydrogen (secondary N) is 1. The Hall–Kier alpha value is -1.56. The molecule has 2 atom stereocenters. The maximum atomic E-state index is 12.4. The first kappa shape index (κ1) is 15.8. The highest BCUT2D eigenvalue weighted by Crippen LogP contribution is 2.58. The van der Waals surface area contributed by atoms with Gasteiger partial charge in [-0.1, -0.05) is 29.8 Å². The van der Waals surface area contributed by atoms with Gasteiger partial charge in [0.1, 0.15) is 0 Å². The summed E-state index contributed by atoms with van der Waals surface area (Å²) >= 11 is 3.38. The van der Waals surface area contributed by atoms with E-state index in [0.717, 1.165) is 10.2 Å². The topological polar surface area (TPSA) is 69.6 Å². The molecule has 5 nitrogen and oxygen atoms in total. The second-order valence-electron chi connectivity index (χ2n) is 6.16. The van der Waals surface area contributed by atoms with Crippen molar-refractivity contribution in [2.75, 3.05) is 24.3 Å². The maximum absolute atomic E-state index is 12.4. The van der Waals surface area contributed by atoms with Gasteiger partial charge in [-0.05, 0) is 23.6 Å². The van der Waals surface area contributed by atoms with E-state index in [2.05, 4.69) is 21.2 Å². The summed E-state index contributed by atoms with van der Waals surface area (Å²) in [6, 6.07) is 5.61. The fraction of sp³-hybridized carbons (Fsp3) is 0.467. The van der Waals surface area contributed by atoms with Crippen LogP contribution >= 0.6 is 15.9 Å². The van der Waals surface area contributed by atoms with E-state index in [1.54, 1.807) is 0 Å².